The van der Waals surface area contributed by atoms with E-state index < -0.39 is 0 Å². The molecule has 1 fully saturated rings. The normalized spacial score (nSPS) is 14.5. The third-order valence-electron chi connectivity index (χ3n) is 3.67. The quantitative estimate of drug-likeness (QED) is 0.783. The van der Waals surface area contributed by atoms with E-state index in [9.17, 15) is 4.79 Å². The molecule has 2 aromatic heterocycles. The number of carbonyl (C=O) groups is 1. The molecule has 4 rings (SSSR count). The van der Waals surface area contributed by atoms with Crippen molar-refractivity contribution in [3.63, 3.8) is 0 Å². The number of rotatable bonds is 3. The van der Waals surface area contributed by atoms with E-state index in [0.717, 1.165) is 16.1 Å². The van der Waals surface area contributed by atoms with Gasteiger partial charge in [-0.1, -0.05) is 0 Å². The second-order valence-electron chi connectivity index (χ2n) is 5.35. The number of hydrogen-bond acceptors (Lipinski definition) is 4. The lowest BCUT2D eigenvalue weighted by Gasteiger charge is -2.05. The molecule has 3 aromatic rings. The summed E-state index contributed by atoms with van der Waals surface area (Å²) in [6, 6.07) is 7.60. The van der Waals surface area contributed by atoms with Crippen LogP contribution in [-0.2, 0) is 0 Å². The third kappa shape index (κ3) is 2.34. The molecule has 0 bridgehead atoms. The van der Waals surface area contributed by atoms with Gasteiger partial charge in [0.25, 0.3) is 5.91 Å². The van der Waals surface area contributed by atoms with E-state index in [4.69, 9.17) is 4.42 Å². The van der Waals surface area contributed by atoms with Crippen LogP contribution in [0.2, 0.25) is 0 Å². The summed E-state index contributed by atoms with van der Waals surface area (Å²) in [5.74, 6) is 1.17. The third-order valence-corrected chi connectivity index (χ3v) is 4.60. The van der Waals surface area contributed by atoms with Crippen LogP contribution in [0, 0.1) is 6.92 Å². The Morgan fingerprint density at radius 3 is 3.05 bits per heavy atom. The lowest BCUT2D eigenvalue weighted by atomic mass is 10.1. The van der Waals surface area contributed by atoms with Gasteiger partial charge in [0, 0.05) is 18.7 Å². The van der Waals surface area contributed by atoms with E-state index in [1.54, 1.807) is 0 Å². The Morgan fingerprint density at radius 1 is 1.38 bits per heavy atom. The van der Waals surface area contributed by atoms with Crippen LogP contribution >= 0.6 is 11.3 Å². The number of nitrogens with one attached hydrogen (secondary N) is 1. The minimum atomic E-state index is -0.0394. The zero-order chi connectivity index (χ0) is 14.4. The van der Waals surface area contributed by atoms with Gasteiger partial charge >= 0.3 is 0 Å². The van der Waals surface area contributed by atoms with Crippen LogP contribution in [0.5, 0.6) is 0 Å². The van der Waals surface area contributed by atoms with Gasteiger partial charge in [0.2, 0.25) is 0 Å². The molecule has 0 spiro atoms. The van der Waals surface area contributed by atoms with Crippen LogP contribution in [0.1, 0.15) is 39.9 Å². The van der Waals surface area contributed by atoms with Crippen LogP contribution in [0.4, 0.5) is 5.69 Å². The molecular formula is C16H14N2O2S. The molecule has 1 N–H and O–H groups in total. The Bertz CT molecular complexity index is 830. The van der Waals surface area contributed by atoms with Gasteiger partial charge in [-0.05, 0) is 47.9 Å². The summed E-state index contributed by atoms with van der Waals surface area (Å²) in [5, 5.41) is 4.94. The molecular weight excluding hydrogens is 284 g/mol. The highest BCUT2D eigenvalue weighted by Gasteiger charge is 2.28. The van der Waals surface area contributed by atoms with Crippen LogP contribution < -0.4 is 5.32 Å². The summed E-state index contributed by atoms with van der Waals surface area (Å²) < 4.78 is 5.49. The van der Waals surface area contributed by atoms with Crippen LogP contribution in [-0.4, -0.2) is 10.9 Å². The fourth-order valence-electron chi connectivity index (χ4n) is 2.52. The van der Waals surface area contributed by atoms with Gasteiger partial charge in [-0.2, -0.15) is 0 Å². The Balaban J connectivity index is 1.61. The van der Waals surface area contributed by atoms with Gasteiger partial charge in [-0.25, -0.2) is 4.98 Å². The maximum atomic E-state index is 12.4. The molecule has 1 aliphatic rings. The summed E-state index contributed by atoms with van der Waals surface area (Å²) in [7, 11) is 0. The molecule has 106 valence electrons. The summed E-state index contributed by atoms with van der Waals surface area (Å²) in [6.45, 7) is 1.81. The number of nitrogens with zero attached hydrogens (tertiary/aromatic N) is 1. The summed E-state index contributed by atoms with van der Waals surface area (Å²) in [5.41, 5.74) is 3.42. The van der Waals surface area contributed by atoms with E-state index >= 15 is 0 Å². The first-order chi connectivity index (χ1) is 10.2. The number of benzene rings is 1. The van der Waals surface area contributed by atoms with Crippen molar-refractivity contribution in [1.82, 2.24) is 4.98 Å². The monoisotopic (exact) mass is 298 g/mol. The minimum absolute atomic E-state index is 0.0394. The summed E-state index contributed by atoms with van der Waals surface area (Å²) in [4.78, 5) is 17.5. The highest BCUT2D eigenvalue weighted by Crippen LogP contribution is 2.43. The zero-order valence-electron chi connectivity index (χ0n) is 11.6. The predicted octanol–water partition coefficient (Wildman–Crippen LogP) is 4.33. The van der Waals surface area contributed by atoms with Gasteiger partial charge in [-0.15, -0.1) is 11.3 Å². The maximum absolute atomic E-state index is 12.4. The molecule has 5 heteroatoms. The van der Waals surface area contributed by atoms with Crippen LogP contribution in [0.15, 0.2) is 34.1 Å². The van der Waals surface area contributed by atoms with Crippen molar-refractivity contribution in [3.05, 3.63) is 46.0 Å². The summed E-state index contributed by atoms with van der Waals surface area (Å²) in [6.07, 6.45) is 2.39. The Labute approximate surface area is 125 Å². The number of hydrogen-bond donors (Lipinski definition) is 1. The number of amides is 1. The van der Waals surface area contributed by atoms with Crippen molar-refractivity contribution in [2.75, 3.05) is 5.32 Å². The van der Waals surface area contributed by atoms with Crippen LogP contribution in [0.3, 0.4) is 0 Å². The Morgan fingerprint density at radius 2 is 2.24 bits per heavy atom. The molecule has 0 atom stereocenters. The van der Waals surface area contributed by atoms with E-state index in [-0.39, 0.29) is 5.91 Å². The zero-order valence-corrected chi connectivity index (χ0v) is 12.4. The molecule has 2 heterocycles. The van der Waals surface area contributed by atoms with E-state index in [1.807, 2.05) is 30.5 Å². The number of oxazole rings is 1. The SMILES string of the molecule is Cc1nc2ccc(NC(=O)c3sccc3C3CC3)cc2o1. The first-order valence-corrected chi connectivity index (χ1v) is 7.84. The van der Waals surface area contributed by atoms with Crippen molar-refractivity contribution >= 4 is 34.0 Å². The number of carbonyl (C=O) groups excluding carboxylic acids is 1. The molecule has 0 saturated heterocycles. The maximum Gasteiger partial charge on any atom is 0.266 e. The van der Waals surface area contributed by atoms with Gasteiger partial charge < -0.3 is 9.73 Å². The summed E-state index contributed by atoms with van der Waals surface area (Å²) >= 11 is 1.51. The van der Waals surface area contributed by atoms with Crippen LogP contribution in [0.25, 0.3) is 11.1 Å². The minimum Gasteiger partial charge on any atom is -0.441 e. The van der Waals surface area contributed by atoms with Gasteiger partial charge in [-0.3, -0.25) is 4.79 Å². The topological polar surface area (TPSA) is 55.1 Å². The molecule has 21 heavy (non-hydrogen) atoms. The van der Waals surface area contributed by atoms with Gasteiger partial charge in [0.15, 0.2) is 11.5 Å². The second-order valence-corrected chi connectivity index (χ2v) is 6.26. The standard InChI is InChI=1S/C16H14N2O2S/c1-9-17-13-5-4-11(8-14(13)20-9)18-16(19)15-12(6-7-21-15)10-2-3-10/h4-8,10H,2-3H2,1H3,(H,18,19). The fourth-order valence-corrected chi connectivity index (χ4v) is 3.40. The molecule has 4 nitrogen and oxygen atoms in total. The van der Waals surface area contributed by atoms with Crippen molar-refractivity contribution in [3.8, 4) is 0 Å². The molecule has 0 radical (unpaired) electrons. The van der Waals surface area contributed by atoms with Gasteiger partial charge in [0.05, 0.1) is 4.88 Å². The lowest BCUT2D eigenvalue weighted by molar-refractivity contribution is 0.102. The average Bonchev–Trinajstić information content (AvgIpc) is 3.06. The van der Waals surface area contributed by atoms with Crippen molar-refractivity contribution in [2.45, 2.75) is 25.7 Å². The first kappa shape index (κ1) is 12.6. The average molecular weight is 298 g/mol. The molecule has 1 aromatic carbocycles. The molecule has 0 unspecified atom stereocenters. The van der Waals surface area contributed by atoms with E-state index in [0.29, 0.717) is 17.4 Å². The molecule has 1 amide bonds. The number of fused-ring (bicyclic) bond motifs is 1. The molecule has 1 saturated carbocycles. The highest BCUT2D eigenvalue weighted by molar-refractivity contribution is 7.12. The van der Waals surface area contributed by atoms with E-state index in [1.165, 1.54) is 29.7 Å². The Kier molecular flexibility index (Phi) is 2.82. The highest BCUT2D eigenvalue weighted by atomic mass is 32.1. The number of aryl methyl sites for hydroxylation is 1. The van der Waals surface area contributed by atoms with Gasteiger partial charge in [0.1, 0.15) is 5.52 Å². The Hall–Kier alpha value is -2.14. The smallest absolute Gasteiger partial charge is 0.266 e. The fraction of sp³-hybridized carbons (Fsp3) is 0.250. The predicted molar refractivity (Wildman–Crippen MR) is 83.0 cm³/mol. The molecule has 1 aliphatic carbocycles. The largest absolute Gasteiger partial charge is 0.441 e. The molecule has 0 aliphatic heterocycles. The second kappa shape index (κ2) is 4.70. The van der Waals surface area contributed by atoms with Crippen molar-refractivity contribution in [2.24, 2.45) is 0 Å². The lowest BCUT2D eigenvalue weighted by Crippen LogP contribution is -2.11. The number of aromatic nitrogens is 1. The van der Waals surface area contributed by atoms with Crippen molar-refractivity contribution in [1.29, 1.82) is 0 Å². The van der Waals surface area contributed by atoms with E-state index in [2.05, 4.69) is 16.4 Å². The van der Waals surface area contributed by atoms with Crippen molar-refractivity contribution < 1.29 is 9.21 Å². The number of thiophene rings is 1. The number of anilines is 1. The first-order valence-electron chi connectivity index (χ1n) is 6.96.